The first-order valence-corrected chi connectivity index (χ1v) is 7.16. The zero-order valence-electron chi connectivity index (χ0n) is 11.3. The van der Waals surface area contributed by atoms with Crippen molar-refractivity contribution in [3.05, 3.63) is 29.5 Å². The number of halogens is 2. The predicted octanol–water partition coefficient (Wildman–Crippen LogP) is 4.29. The van der Waals surface area contributed by atoms with Gasteiger partial charge in [0.25, 0.3) is 0 Å². The number of benzene rings is 1. The Labute approximate surface area is 135 Å². The first kappa shape index (κ1) is 17.1. The fraction of sp³-hybridized carbons (Fsp3) is 0.357. The average Bonchev–Trinajstić information content (AvgIpc) is 2.60. The maximum absolute atomic E-state index is 6.09. The summed E-state index contributed by atoms with van der Waals surface area (Å²) < 4.78 is 0. The minimum absolute atomic E-state index is 0. The maximum atomic E-state index is 6.09. The highest BCUT2D eigenvalue weighted by molar-refractivity contribution is 7.19. The molecule has 1 aromatic heterocycles. The molecule has 0 bridgehead atoms. The summed E-state index contributed by atoms with van der Waals surface area (Å²) in [6, 6.07) is 6.03. The van der Waals surface area contributed by atoms with Gasteiger partial charge in [0.1, 0.15) is 10.0 Å². The van der Waals surface area contributed by atoms with Gasteiger partial charge in [0, 0.05) is 17.8 Å². The summed E-state index contributed by atoms with van der Waals surface area (Å²) in [5.41, 5.74) is 10.4. The molecule has 0 saturated heterocycles. The van der Waals surface area contributed by atoms with Crippen LogP contribution in [0.25, 0.3) is 10.6 Å². The van der Waals surface area contributed by atoms with Gasteiger partial charge in [-0.3, -0.25) is 0 Å². The third-order valence-electron chi connectivity index (χ3n) is 3.34. The number of aromatic nitrogens is 1. The van der Waals surface area contributed by atoms with E-state index in [0.29, 0.717) is 0 Å². The lowest BCUT2D eigenvalue weighted by Gasteiger charge is -2.05. The number of hydrogen-bond acceptors (Lipinski definition) is 4. The molecule has 6 heteroatoms. The molecule has 3 nitrogen and oxygen atoms in total. The van der Waals surface area contributed by atoms with E-state index in [-0.39, 0.29) is 24.8 Å². The van der Waals surface area contributed by atoms with Gasteiger partial charge >= 0.3 is 0 Å². The molecule has 0 saturated carbocycles. The lowest BCUT2D eigenvalue weighted by Crippen LogP contribution is -1.96. The first-order chi connectivity index (χ1) is 8.75. The van der Waals surface area contributed by atoms with Crippen molar-refractivity contribution in [1.29, 1.82) is 0 Å². The summed E-state index contributed by atoms with van der Waals surface area (Å²) in [7, 11) is 0. The van der Waals surface area contributed by atoms with E-state index in [1.54, 1.807) is 11.3 Å². The van der Waals surface area contributed by atoms with Crippen LogP contribution in [0.15, 0.2) is 18.2 Å². The summed E-state index contributed by atoms with van der Waals surface area (Å²) in [5.74, 6) is 0. The Morgan fingerprint density at radius 1 is 1.25 bits per heavy atom. The van der Waals surface area contributed by atoms with Gasteiger partial charge in [-0.15, -0.1) is 24.8 Å². The first-order valence-electron chi connectivity index (χ1n) is 6.35. The van der Waals surface area contributed by atoms with Crippen LogP contribution in [0.1, 0.15) is 24.1 Å². The molecule has 20 heavy (non-hydrogen) atoms. The fourth-order valence-corrected chi connectivity index (χ4v) is 3.54. The number of anilines is 2. The molecule has 3 N–H and O–H groups in total. The number of nitrogens with two attached hydrogens (primary N) is 1. The van der Waals surface area contributed by atoms with Gasteiger partial charge < -0.3 is 11.1 Å². The van der Waals surface area contributed by atoms with Crippen molar-refractivity contribution in [2.75, 3.05) is 17.6 Å². The van der Waals surface area contributed by atoms with Crippen LogP contribution in [0.4, 0.5) is 10.7 Å². The van der Waals surface area contributed by atoms with Crippen LogP contribution in [-0.2, 0) is 6.42 Å². The molecule has 1 aromatic carbocycles. The molecule has 0 amide bonds. The van der Waals surface area contributed by atoms with Crippen molar-refractivity contribution >= 4 is 46.8 Å². The van der Waals surface area contributed by atoms with Crippen molar-refractivity contribution in [3.8, 4) is 10.6 Å². The Morgan fingerprint density at radius 3 is 2.80 bits per heavy atom. The normalized spacial score (nSPS) is 13.2. The number of nitrogen functional groups attached to an aromatic ring is 1. The van der Waals surface area contributed by atoms with E-state index in [1.807, 2.05) is 12.1 Å². The molecular weight excluding hydrogens is 313 g/mol. The van der Waals surface area contributed by atoms with Crippen LogP contribution in [0.5, 0.6) is 0 Å². The molecule has 0 fully saturated rings. The Morgan fingerprint density at radius 2 is 2.05 bits per heavy atom. The van der Waals surface area contributed by atoms with E-state index in [9.17, 15) is 0 Å². The molecule has 110 valence electrons. The second kappa shape index (κ2) is 7.16. The second-order valence-corrected chi connectivity index (χ2v) is 5.72. The number of nitrogens with zero attached hydrogens (tertiary/aromatic N) is 1. The van der Waals surface area contributed by atoms with Gasteiger partial charge in [-0.1, -0.05) is 23.5 Å². The number of fused-ring (bicyclic) bond motifs is 1. The molecule has 2 aromatic rings. The topological polar surface area (TPSA) is 50.9 Å². The molecule has 1 aliphatic rings. The van der Waals surface area contributed by atoms with E-state index in [0.717, 1.165) is 29.2 Å². The second-order valence-electron chi connectivity index (χ2n) is 4.72. The molecule has 0 unspecified atom stereocenters. The molecular formula is C14H19Cl2N3S. The third-order valence-corrected chi connectivity index (χ3v) is 4.41. The lowest BCUT2D eigenvalue weighted by atomic mass is 10.1. The summed E-state index contributed by atoms with van der Waals surface area (Å²) in [6.45, 7) is 3.14. The minimum Gasteiger partial charge on any atom is -0.398 e. The van der Waals surface area contributed by atoms with Crippen LogP contribution in [0, 0.1) is 6.92 Å². The highest BCUT2D eigenvalue weighted by Crippen LogP contribution is 2.38. The highest BCUT2D eigenvalue weighted by atomic mass is 35.5. The molecule has 3 rings (SSSR count). The Balaban J connectivity index is 0.000001000. The number of nitrogens with one attached hydrogen (secondary N) is 1. The molecule has 2 heterocycles. The van der Waals surface area contributed by atoms with Crippen molar-refractivity contribution in [1.82, 2.24) is 4.98 Å². The van der Waals surface area contributed by atoms with Crippen molar-refractivity contribution < 1.29 is 0 Å². The van der Waals surface area contributed by atoms with Gasteiger partial charge in [-0.25, -0.2) is 4.98 Å². The summed E-state index contributed by atoms with van der Waals surface area (Å²) in [5, 5.41) is 5.74. The minimum atomic E-state index is 0. The van der Waals surface area contributed by atoms with Crippen LogP contribution in [0.2, 0.25) is 0 Å². The molecule has 0 atom stereocenters. The summed E-state index contributed by atoms with van der Waals surface area (Å²) >= 11 is 1.73. The Kier molecular flexibility index (Phi) is 6.11. The molecule has 0 spiro atoms. The van der Waals surface area contributed by atoms with Gasteiger partial charge in [0.05, 0.1) is 5.69 Å². The summed E-state index contributed by atoms with van der Waals surface area (Å²) in [4.78, 5) is 4.78. The van der Waals surface area contributed by atoms with Crippen molar-refractivity contribution in [2.45, 2.75) is 26.2 Å². The maximum Gasteiger partial charge on any atom is 0.127 e. The highest BCUT2D eigenvalue weighted by Gasteiger charge is 2.17. The van der Waals surface area contributed by atoms with Crippen LogP contribution in [-0.4, -0.2) is 11.5 Å². The number of rotatable bonds is 1. The quantitative estimate of drug-likeness (QED) is 0.766. The Hall–Kier alpha value is -0.970. The Bertz CT molecular complexity index is 540. The van der Waals surface area contributed by atoms with E-state index >= 15 is 0 Å². The summed E-state index contributed by atoms with van der Waals surface area (Å²) in [6.07, 6.45) is 3.52. The van der Waals surface area contributed by atoms with Gasteiger partial charge in [0.15, 0.2) is 0 Å². The van der Waals surface area contributed by atoms with Gasteiger partial charge in [-0.2, -0.15) is 0 Å². The van der Waals surface area contributed by atoms with E-state index < -0.39 is 0 Å². The van der Waals surface area contributed by atoms with Crippen LogP contribution < -0.4 is 11.1 Å². The molecule has 1 aliphatic heterocycles. The average molecular weight is 332 g/mol. The van der Waals surface area contributed by atoms with Crippen molar-refractivity contribution in [3.63, 3.8) is 0 Å². The number of thiazole rings is 1. The number of hydrogen-bond donors (Lipinski definition) is 2. The van der Waals surface area contributed by atoms with E-state index in [2.05, 4.69) is 18.3 Å². The third kappa shape index (κ3) is 3.19. The molecule has 0 aliphatic carbocycles. The van der Waals surface area contributed by atoms with E-state index in [1.165, 1.54) is 29.1 Å². The molecule has 0 radical (unpaired) electrons. The standard InChI is InChI=1S/C14H17N3S.2ClH/c1-9-5-4-6-10(15)12(9)14-17-11-7-2-3-8-16-13(11)18-14;;/h4-6,16H,2-3,7-8,15H2,1H3;2*1H. The zero-order chi connectivity index (χ0) is 12.5. The van der Waals surface area contributed by atoms with Gasteiger partial charge in [0.2, 0.25) is 0 Å². The SMILES string of the molecule is Cc1cccc(N)c1-c1nc2c(s1)NCCCC2.Cl.Cl. The zero-order valence-corrected chi connectivity index (χ0v) is 13.8. The van der Waals surface area contributed by atoms with Crippen LogP contribution >= 0.6 is 36.2 Å². The fourth-order valence-electron chi connectivity index (χ4n) is 2.37. The largest absolute Gasteiger partial charge is 0.398 e. The van der Waals surface area contributed by atoms with Crippen molar-refractivity contribution in [2.24, 2.45) is 0 Å². The number of aryl methyl sites for hydroxylation is 2. The lowest BCUT2D eigenvalue weighted by molar-refractivity contribution is 0.775. The predicted molar refractivity (Wildman–Crippen MR) is 92.6 cm³/mol. The van der Waals surface area contributed by atoms with E-state index in [4.69, 9.17) is 10.7 Å². The monoisotopic (exact) mass is 331 g/mol. The van der Waals surface area contributed by atoms with Crippen LogP contribution in [0.3, 0.4) is 0 Å². The van der Waals surface area contributed by atoms with Gasteiger partial charge in [-0.05, 0) is 37.8 Å². The smallest absolute Gasteiger partial charge is 0.127 e.